The first-order chi connectivity index (χ1) is 6.68. The predicted octanol–water partition coefficient (Wildman–Crippen LogP) is 2.46. The van der Waals surface area contributed by atoms with Gasteiger partial charge in [-0.05, 0) is 11.1 Å². The second-order valence-electron chi connectivity index (χ2n) is 3.33. The topological polar surface area (TPSA) is 40.5 Å². The molecule has 1 atom stereocenters. The molecule has 0 bridgehead atoms. The van der Waals surface area contributed by atoms with Crippen LogP contribution in [0.25, 0.3) is 0 Å². The highest BCUT2D eigenvalue weighted by molar-refractivity contribution is 6.21. The summed E-state index contributed by atoms with van der Waals surface area (Å²) in [5.41, 5.74) is 2.05. The number of hydrogen-bond acceptors (Lipinski definition) is 1. The Morgan fingerprint density at radius 2 is 2.21 bits per heavy atom. The van der Waals surface area contributed by atoms with Crippen LogP contribution in [0.3, 0.4) is 0 Å². The van der Waals surface area contributed by atoms with Gasteiger partial charge in [-0.25, -0.2) is 4.79 Å². The van der Waals surface area contributed by atoms with Gasteiger partial charge in [0.15, 0.2) is 0 Å². The molecule has 1 N–H and O–H groups in total. The lowest BCUT2D eigenvalue weighted by Crippen LogP contribution is -2.35. The Morgan fingerprint density at radius 1 is 1.50 bits per heavy atom. The van der Waals surface area contributed by atoms with Gasteiger partial charge in [-0.2, -0.15) is 0 Å². The van der Waals surface area contributed by atoms with E-state index in [2.05, 4.69) is 0 Å². The highest BCUT2D eigenvalue weighted by atomic mass is 35.5. The third-order valence-corrected chi connectivity index (χ3v) is 2.78. The minimum Gasteiger partial charge on any atom is -0.465 e. The van der Waals surface area contributed by atoms with Crippen molar-refractivity contribution in [2.75, 3.05) is 6.54 Å². The summed E-state index contributed by atoms with van der Waals surface area (Å²) in [4.78, 5) is 12.1. The molecule has 74 valence electrons. The van der Waals surface area contributed by atoms with Crippen molar-refractivity contribution in [3.63, 3.8) is 0 Å². The van der Waals surface area contributed by atoms with Gasteiger partial charge in [0.25, 0.3) is 0 Å². The summed E-state index contributed by atoms with van der Waals surface area (Å²) < 4.78 is 0. The molecule has 1 aromatic carbocycles. The lowest BCUT2D eigenvalue weighted by atomic mass is 10.00. The van der Waals surface area contributed by atoms with Crippen LogP contribution in [-0.2, 0) is 6.54 Å². The van der Waals surface area contributed by atoms with Crippen molar-refractivity contribution in [3.8, 4) is 0 Å². The molecular weight excluding hydrogens is 202 g/mol. The summed E-state index contributed by atoms with van der Waals surface area (Å²) in [7, 11) is 0. The summed E-state index contributed by atoms with van der Waals surface area (Å²) in [6.07, 6.45) is -0.912. The van der Waals surface area contributed by atoms with E-state index in [-0.39, 0.29) is 5.38 Å². The molecule has 1 aliphatic heterocycles. The Hall–Kier alpha value is -1.22. The van der Waals surface area contributed by atoms with Gasteiger partial charge in [-0.3, -0.25) is 0 Å². The van der Waals surface area contributed by atoms with Gasteiger partial charge in [0.05, 0.1) is 5.38 Å². The van der Waals surface area contributed by atoms with Gasteiger partial charge in [0.1, 0.15) is 0 Å². The largest absolute Gasteiger partial charge is 0.465 e. The van der Waals surface area contributed by atoms with E-state index in [0.29, 0.717) is 13.1 Å². The Bertz CT molecular complexity index is 367. The van der Waals surface area contributed by atoms with Crippen molar-refractivity contribution in [1.29, 1.82) is 0 Å². The van der Waals surface area contributed by atoms with Crippen LogP contribution in [0, 0.1) is 0 Å². The van der Waals surface area contributed by atoms with E-state index >= 15 is 0 Å². The number of halogens is 1. The molecule has 2 rings (SSSR count). The number of alkyl halides is 1. The first kappa shape index (κ1) is 9.34. The second kappa shape index (κ2) is 3.50. The number of amides is 1. The van der Waals surface area contributed by atoms with Gasteiger partial charge >= 0.3 is 6.09 Å². The second-order valence-corrected chi connectivity index (χ2v) is 3.86. The molecule has 0 spiro atoms. The van der Waals surface area contributed by atoms with Crippen molar-refractivity contribution < 1.29 is 9.90 Å². The summed E-state index contributed by atoms with van der Waals surface area (Å²) in [5.74, 6) is 0. The molecule has 3 nitrogen and oxygen atoms in total. The van der Waals surface area contributed by atoms with Crippen LogP contribution in [0.2, 0.25) is 0 Å². The molecule has 1 aromatic rings. The highest BCUT2D eigenvalue weighted by Crippen LogP contribution is 2.30. The maximum atomic E-state index is 10.8. The van der Waals surface area contributed by atoms with Crippen LogP contribution in [0.5, 0.6) is 0 Å². The Balaban J connectivity index is 2.33. The first-order valence-corrected chi connectivity index (χ1v) is 4.82. The molecule has 1 amide bonds. The number of benzene rings is 1. The molecule has 0 aliphatic carbocycles. The van der Waals surface area contributed by atoms with Crippen molar-refractivity contribution in [2.24, 2.45) is 0 Å². The fraction of sp³-hybridized carbons (Fsp3) is 0.300. The van der Waals surface area contributed by atoms with Crippen molar-refractivity contribution >= 4 is 17.7 Å². The van der Waals surface area contributed by atoms with E-state index in [9.17, 15) is 4.79 Å². The standard InChI is InChI=1S/C10H10ClNO2/c11-9-6-12(10(13)14)5-7-3-1-2-4-8(7)9/h1-4,9H,5-6H2,(H,13,14). The van der Waals surface area contributed by atoms with Crippen LogP contribution in [-0.4, -0.2) is 22.6 Å². The van der Waals surface area contributed by atoms with Crippen LogP contribution < -0.4 is 0 Å². The molecule has 4 heteroatoms. The van der Waals surface area contributed by atoms with E-state index < -0.39 is 6.09 Å². The lowest BCUT2D eigenvalue weighted by Gasteiger charge is -2.29. The van der Waals surface area contributed by atoms with Gasteiger partial charge in [0, 0.05) is 13.1 Å². The normalized spacial score (nSPS) is 20.4. The molecule has 0 radical (unpaired) electrons. The minimum atomic E-state index is -0.912. The molecule has 0 saturated carbocycles. The number of rotatable bonds is 0. The monoisotopic (exact) mass is 211 g/mol. The smallest absolute Gasteiger partial charge is 0.407 e. The molecule has 0 fully saturated rings. The lowest BCUT2D eigenvalue weighted by molar-refractivity contribution is 0.139. The van der Waals surface area contributed by atoms with Gasteiger partial charge in [-0.1, -0.05) is 24.3 Å². The number of hydrogen-bond donors (Lipinski definition) is 1. The van der Waals surface area contributed by atoms with Crippen molar-refractivity contribution in [1.82, 2.24) is 4.90 Å². The van der Waals surface area contributed by atoms with Gasteiger partial charge < -0.3 is 10.0 Å². The van der Waals surface area contributed by atoms with E-state index in [4.69, 9.17) is 16.7 Å². The highest BCUT2D eigenvalue weighted by Gasteiger charge is 2.25. The summed E-state index contributed by atoms with van der Waals surface area (Å²) in [5, 5.41) is 8.62. The Labute approximate surface area is 86.9 Å². The fourth-order valence-corrected chi connectivity index (χ4v) is 2.07. The Morgan fingerprint density at radius 3 is 2.93 bits per heavy atom. The van der Waals surface area contributed by atoms with E-state index in [1.807, 2.05) is 24.3 Å². The maximum Gasteiger partial charge on any atom is 0.407 e. The zero-order valence-corrected chi connectivity index (χ0v) is 8.24. The van der Waals surface area contributed by atoms with Crippen molar-refractivity contribution in [3.05, 3.63) is 35.4 Å². The fourth-order valence-electron chi connectivity index (χ4n) is 1.69. The predicted molar refractivity (Wildman–Crippen MR) is 53.5 cm³/mol. The van der Waals surface area contributed by atoms with Crippen LogP contribution in [0.4, 0.5) is 4.79 Å². The van der Waals surface area contributed by atoms with Gasteiger partial charge in [-0.15, -0.1) is 11.6 Å². The van der Waals surface area contributed by atoms with E-state index in [1.54, 1.807) is 0 Å². The summed E-state index contributed by atoms with van der Waals surface area (Å²) >= 11 is 6.08. The number of carboxylic acid groups (broad SMARTS) is 1. The van der Waals surface area contributed by atoms with Crippen LogP contribution in [0.1, 0.15) is 16.5 Å². The van der Waals surface area contributed by atoms with E-state index in [1.165, 1.54) is 4.90 Å². The maximum absolute atomic E-state index is 10.8. The molecule has 1 aliphatic rings. The number of fused-ring (bicyclic) bond motifs is 1. The third kappa shape index (κ3) is 1.55. The average Bonchev–Trinajstić information content (AvgIpc) is 2.17. The first-order valence-electron chi connectivity index (χ1n) is 4.38. The van der Waals surface area contributed by atoms with Crippen LogP contribution >= 0.6 is 11.6 Å². The van der Waals surface area contributed by atoms with Crippen molar-refractivity contribution in [2.45, 2.75) is 11.9 Å². The SMILES string of the molecule is O=C(O)N1Cc2ccccc2C(Cl)C1. The molecule has 0 aromatic heterocycles. The zero-order chi connectivity index (χ0) is 10.1. The average molecular weight is 212 g/mol. The molecule has 1 heterocycles. The third-order valence-electron chi connectivity index (χ3n) is 2.40. The minimum absolute atomic E-state index is 0.226. The summed E-state index contributed by atoms with van der Waals surface area (Å²) in [6.45, 7) is 0.808. The quantitative estimate of drug-likeness (QED) is 0.670. The Kier molecular flexibility index (Phi) is 2.33. The summed E-state index contributed by atoms with van der Waals surface area (Å²) in [6, 6.07) is 7.68. The molecule has 1 unspecified atom stereocenters. The number of carbonyl (C=O) groups is 1. The zero-order valence-electron chi connectivity index (χ0n) is 7.48. The molecular formula is C10H10ClNO2. The van der Waals surface area contributed by atoms with E-state index in [0.717, 1.165) is 11.1 Å². The van der Waals surface area contributed by atoms with Gasteiger partial charge in [0.2, 0.25) is 0 Å². The molecule has 0 saturated heterocycles. The van der Waals surface area contributed by atoms with Crippen LogP contribution in [0.15, 0.2) is 24.3 Å². The molecule has 14 heavy (non-hydrogen) atoms. The number of nitrogens with zero attached hydrogens (tertiary/aromatic N) is 1.